The fourth-order valence-corrected chi connectivity index (χ4v) is 4.63. The van der Waals surface area contributed by atoms with Gasteiger partial charge in [0.1, 0.15) is 5.85 Å². The van der Waals surface area contributed by atoms with Crippen molar-refractivity contribution in [2.75, 3.05) is 21.1 Å². The lowest BCUT2D eigenvalue weighted by Crippen LogP contribution is -2.46. The zero-order valence-corrected chi connectivity index (χ0v) is 10.6. The van der Waals surface area contributed by atoms with Crippen LogP contribution in [0.25, 0.3) is 0 Å². The van der Waals surface area contributed by atoms with Crippen LogP contribution in [0.3, 0.4) is 0 Å². The summed E-state index contributed by atoms with van der Waals surface area (Å²) in [5, 5.41) is 9.52. The van der Waals surface area contributed by atoms with Crippen molar-refractivity contribution in [2.45, 2.75) is 11.6 Å². The molecule has 3 atom stereocenters. The molecule has 0 saturated carbocycles. The van der Waals surface area contributed by atoms with Crippen LogP contribution >= 0.6 is 40.1 Å². The molecule has 0 bridgehead atoms. The van der Waals surface area contributed by atoms with Gasteiger partial charge in [-0.25, -0.2) is 0 Å². The van der Waals surface area contributed by atoms with Crippen LogP contribution in [0.2, 0.25) is 0 Å². The maximum atomic E-state index is 9.52. The smallest absolute Gasteiger partial charge is 0.103 e. The average Bonchev–Trinajstić information content (AvgIpc) is 1.86. The lowest BCUT2D eigenvalue weighted by atomic mass is 10.5. The Morgan fingerprint density at radius 2 is 1.91 bits per heavy atom. The minimum Gasteiger partial charge on any atom is -0.406 e. The number of hydrogen-bond donors (Lipinski definition) is 3. The van der Waals surface area contributed by atoms with Gasteiger partial charge in [-0.2, -0.15) is 12.2 Å². The van der Waals surface area contributed by atoms with Crippen molar-refractivity contribution in [1.82, 2.24) is 0 Å². The molecule has 0 aromatic heterocycles. The topological polar surface area (TPSA) is 20.2 Å². The third-order valence-electron chi connectivity index (χ3n) is 1.33. The molecule has 1 N–H and O–H groups in total. The van der Waals surface area contributed by atoms with E-state index in [4.69, 9.17) is 0 Å². The number of likely N-dealkylation sites (N-methyl/N-ethyl adjacent to an activating group) is 1. The first-order valence-electron chi connectivity index (χ1n) is 3.16. The highest BCUT2D eigenvalue weighted by molar-refractivity contribution is 8.39. The Bertz CT molecular complexity index is 120. The van der Waals surface area contributed by atoms with Crippen LogP contribution in [-0.4, -0.2) is 42.4 Å². The first-order chi connectivity index (χ1) is 4.93. The zero-order chi connectivity index (χ0) is 9.07. The van der Waals surface area contributed by atoms with Crippen LogP contribution in [0.1, 0.15) is 0 Å². The predicted octanol–water partition coefficient (Wildman–Crippen LogP) is 1.65. The number of quaternary nitrogens is 1. The third kappa shape index (κ3) is 4.31. The quantitative estimate of drug-likeness (QED) is 0.382. The Kier molecular flexibility index (Phi) is 5.97. The van der Waals surface area contributed by atoms with Crippen LogP contribution in [-0.2, 0) is 0 Å². The number of nitrogens with zero attached hydrogens (tertiary/aromatic N) is 1. The Labute approximate surface area is 82.6 Å². The normalized spacial score (nSPS) is 20.2. The molecule has 0 aliphatic carbocycles. The largest absolute Gasteiger partial charge is 0.406 e. The maximum absolute atomic E-state index is 9.52. The first-order valence-corrected chi connectivity index (χ1v) is 7.64. The minimum atomic E-state index is -0.350. The van der Waals surface area contributed by atoms with E-state index in [-0.39, 0.29) is 19.4 Å². The van der Waals surface area contributed by atoms with E-state index in [0.717, 1.165) is 12.3 Å². The van der Waals surface area contributed by atoms with Crippen molar-refractivity contribution in [3.8, 4) is 0 Å². The highest BCUT2D eigenvalue weighted by Gasteiger charge is 2.20. The molecule has 68 valence electrons. The molecule has 3 unspecified atom stereocenters. The van der Waals surface area contributed by atoms with Gasteiger partial charge in [-0.05, 0) is 7.78 Å². The number of rotatable bonds is 4. The summed E-state index contributed by atoms with van der Waals surface area (Å²) in [6, 6.07) is 0. The molecule has 0 heterocycles. The second kappa shape index (κ2) is 5.26. The lowest BCUT2D eigenvalue weighted by Gasteiger charge is -2.43. The lowest BCUT2D eigenvalue weighted by molar-refractivity contribution is -0.882. The van der Waals surface area contributed by atoms with Gasteiger partial charge in [0.15, 0.2) is 0 Å². The van der Waals surface area contributed by atoms with E-state index in [1.165, 1.54) is 0 Å². The van der Waals surface area contributed by atoms with Crippen molar-refractivity contribution in [3.05, 3.63) is 0 Å². The number of aliphatic hydroxyl groups excluding tert-OH is 1. The molecule has 0 amide bonds. The van der Waals surface area contributed by atoms with Crippen LogP contribution in [0.15, 0.2) is 0 Å². The molecule has 0 radical (unpaired) electrons. The number of hydrogen-bond acceptors (Lipinski definition) is 3. The van der Waals surface area contributed by atoms with E-state index in [9.17, 15) is 5.11 Å². The molecule has 0 fully saturated rings. The van der Waals surface area contributed by atoms with Crippen molar-refractivity contribution >= 4 is 40.1 Å². The molecular weight excluding hydrogens is 216 g/mol. The molecule has 2 nitrogen and oxygen atoms in total. The summed E-state index contributed by atoms with van der Waals surface area (Å²) in [5.41, 5.74) is 0. The van der Waals surface area contributed by atoms with E-state index in [0.29, 0.717) is 0 Å². The summed E-state index contributed by atoms with van der Waals surface area (Å²) in [5.74, 6) is -0.202. The van der Waals surface area contributed by atoms with Crippen LogP contribution in [0, 0.1) is 0 Å². The van der Waals surface area contributed by atoms with Gasteiger partial charge in [0.05, 0.1) is 21.1 Å². The van der Waals surface area contributed by atoms with Crippen LogP contribution in [0.5, 0.6) is 0 Å². The monoisotopic (exact) mass is 231 g/mol. The highest BCUT2D eigenvalue weighted by Crippen LogP contribution is 2.38. The summed E-state index contributed by atoms with van der Waals surface area (Å²) in [4.78, 5) is 0. The summed E-state index contributed by atoms with van der Waals surface area (Å²) < 4.78 is 0.722. The predicted molar refractivity (Wildman–Crippen MR) is 61.0 cm³/mol. The van der Waals surface area contributed by atoms with Crippen molar-refractivity contribution in [2.24, 2.45) is 0 Å². The van der Waals surface area contributed by atoms with Gasteiger partial charge in [-0.1, -0.05) is 0 Å². The minimum absolute atomic E-state index is 0.147. The van der Waals surface area contributed by atoms with Gasteiger partial charge >= 0.3 is 0 Å². The van der Waals surface area contributed by atoms with Gasteiger partial charge in [-0.15, -0.1) is 0 Å². The van der Waals surface area contributed by atoms with Crippen molar-refractivity contribution in [3.63, 3.8) is 0 Å². The second-order valence-corrected chi connectivity index (χ2v) is 6.30. The van der Waals surface area contributed by atoms with Gasteiger partial charge in [-0.3, -0.25) is 0 Å². The molecule has 0 aromatic carbocycles. The number of thiol groups is 2. The Morgan fingerprint density at radius 3 is 2.00 bits per heavy atom. The molecule has 0 saturated heterocycles. The molecule has 0 spiro atoms. The van der Waals surface area contributed by atoms with E-state index < -0.39 is 0 Å². The fraction of sp³-hybridized carbons (Fsp3) is 1.00. The Hall–Kier alpha value is 1.48. The van der Waals surface area contributed by atoms with Gasteiger partial charge in [0.25, 0.3) is 0 Å². The highest BCUT2D eigenvalue weighted by atomic mass is 32.7. The van der Waals surface area contributed by atoms with Crippen LogP contribution < -0.4 is 0 Å². The van der Waals surface area contributed by atoms with Gasteiger partial charge in [0, 0.05) is 5.78 Å². The van der Waals surface area contributed by atoms with Crippen LogP contribution in [0.4, 0.5) is 0 Å². The van der Waals surface area contributed by atoms with Gasteiger partial charge in [0.2, 0.25) is 0 Å². The molecular formula is C5H15NOP2S2. The van der Waals surface area contributed by atoms with Crippen molar-refractivity contribution in [1.29, 1.82) is 0 Å². The standard InChI is InChI=1S/C5H15NOP2S2/c1-6(2,3)4(8-10)5(7)9-11/h4-5,7,9-11H,1-3H3. The van der Waals surface area contributed by atoms with E-state index >= 15 is 0 Å². The van der Waals surface area contributed by atoms with E-state index in [2.05, 4.69) is 24.5 Å². The molecule has 0 aliphatic rings. The summed E-state index contributed by atoms with van der Waals surface area (Å²) >= 11 is 8.24. The zero-order valence-electron chi connectivity index (χ0n) is 6.89. The third-order valence-corrected chi connectivity index (χ3v) is 4.90. The second-order valence-electron chi connectivity index (χ2n) is 3.22. The fourth-order valence-electron chi connectivity index (χ4n) is 0.708. The Morgan fingerprint density at radius 1 is 1.45 bits per heavy atom. The maximum Gasteiger partial charge on any atom is 0.103 e. The van der Waals surface area contributed by atoms with E-state index in [1.807, 2.05) is 21.1 Å². The molecule has 0 aromatic rings. The summed E-state index contributed by atoms with van der Waals surface area (Å²) in [6.07, 6.45) is 0. The molecule has 11 heavy (non-hydrogen) atoms. The molecule has 0 rings (SSSR count). The molecule has 0 aliphatic heterocycles. The van der Waals surface area contributed by atoms with E-state index in [1.54, 1.807) is 0 Å². The van der Waals surface area contributed by atoms with Crippen molar-refractivity contribution < 1.29 is 9.59 Å². The molecule has 6 heteroatoms. The Balaban J connectivity index is 4.16. The number of aliphatic hydroxyl groups is 1. The average molecular weight is 231 g/mol. The first kappa shape index (κ1) is 12.5. The summed E-state index contributed by atoms with van der Waals surface area (Å²) in [6.45, 7) is 0. The van der Waals surface area contributed by atoms with Gasteiger partial charge < -0.3 is 29.6 Å². The SMILES string of the molecule is C[N+](C)(C)C([P-]S)C(O)PS. The summed E-state index contributed by atoms with van der Waals surface area (Å²) in [7, 11) is 7.33.